The second-order valence-electron chi connectivity index (χ2n) is 4.43. The van der Waals surface area contributed by atoms with Crippen LogP contribution in [-0.2, 0) is 9.53 Å². The smallest absolute Gasteiger partial charge is 0.250 e. The van der Waals surface area contributed by atoms with Gasteiger partial charge in [0.1, 0.15) is 12.4 Å². The van der Waals surface area contributed by atoms with Crippen molar-refractivity contribution in [1.29, 1.82) is 0 Å². The minimum absolute atomic E-state index is 0.0163. The van der Waals surface area contributed by atoms with Crippen LogP contribution in [0.3, 0.4) is 0 Å². The third-order valence-electron chi connectivity index (χ3n) is 2.53. The highest BCUT2D eigenvalue weighted by Crippen LogP contribution is 2.22. The first-order chi connectivity index (χ1) is 9.06. The number of carbonyl (C=O) groups is 1. The monoisotopic (exact) mass is 262 g/mol. The molecule has 0 aliphatic rings. The Balaban J connectivity index is 2.20. The number of pyridine rings is 1. The van der Waals surface area contributed by atoms with Gasteiger partial charge >= 0.3 is 0 Å². The molecule has 1 heterocycles. The van der Waals surface area contributed by atoms with Crippen molar-refractivity contribution in [2.45, 2.75) is 20.0 Å². The number of ether oxygens (including phenoxy) is 1. The van der Waals surface area contributed by atoms with E-state index < -0.39 is 0 Å². The standard InChI is InChI=1S/C14H15FN2O2/c1-9(2)19-8-14(18)17-13-5-6-16-12-4-3-10(15)7-11(12)13/h3-7,9H,8H2,1-2H3,(H,16,17,18). The van der Waals surface area contributed by atoms with Crippen LogP contribution in [0.5, 0.6) is 0 Å². The third kappa shape index (κ3) is 3.48. The van der Waals surface area contributed by atoms with Gasteiger partial charge in [0, 0.05) is 11.6 Å². The van der Waals surface area contributed by atoms with Gasteiger partial charge in [0.15, 0.2) is 0 Å². The lowest BCUT2D eigenvalue weighted by Crippen LogP contribution is -2.20. The van der Waals surface area contributed by atoms with Gasteiger partial charge in [0.25, 0.3) is 0 Å². The van der Waals surface area contributed by atoms with Gasteiger partial charge in [-0.15, -0.1) is 0 Å². The summed E-state index contributed by atoms with van der Waals surface area (Å²) in [5, 5.41) is 3.27. The van der Waals surface area contributed by atoms with Gasteiger partial charge in [-0.3, -0.25) is 9.78 Å². The maximum Gasteiger partial charge on any atom is 0.250 e. The van der Waals surface area contributed by atoms with Crippen molar-refractivity contribution in [3.63, 3.8) is 0 Å². The van der Waals surface area contributed by atoms with Crippen molar-refractivity contribution >= 4 is 22.5 Å². The largest absolute Gasteiger partial charge is 0.369 e. The Morgan fingerprint density at radius 1 is 1.42 bits per heavy atom. The Bertz CT molecular complexity index is 599. The van der Waals surface area contributed by atoms with Crippen LogP contribution in [0.25, 0.3) is 10.9 Å². The van der Waals surface area contributed by atoms with E-state index in [0.717, 1.165) is 0 Å². The number of carbonyl (C=O) groups excluding carboxylic acids is 1. The Kier molecular flexibility index (Phi) is 4.06. The van der Waals surface area contributed by atoms with Crippen molar-refractivity contribution in [2.24, 2.45) is 0 Å². The number of hydrogen-bond donors (Lipinski definition) is 1. The first kappa shape index (κ1) is 13.4. The van der Waals surface area contributed by atoms with Crippen molar-refractivity contribution < 1.29 is 13.9 Å². The lowest BCUT2D eigenvalue weighted by Gasteiger charge is -2.10. The number of anilines is 1. The average molecular weight is 262 g/mol. The van der Waals surface area contributed by atoms with E-state index in [9.17, 15) is 9.18 Å². The highest BCUT2D eigenvalue weighted by molar-refractivity contribution is 6.01. The molecule has 0 unspecified atom stereocenters. The molecule has 0 aliphatic heterocycles. The minimum atomic E-state index is -0.366. The first-order valence-electron chi connectivity index (χ1n) is 6.02. The first-order valence-corrected chi connectivity index (χ1v) is 6.02. The molecule has 0 saturated carbocycles. The lowest BCUT2D eigenvalue weighted by atomic mass is 10.2. The summed E-state index contributed by atoms with van der Waals surface area (Å²) in [5.74, 6) is -0.639. The number of aromatic nitrogens is 1. The maximum absolute atomic E-state index is 13.2. The molecule has 1 aromatic heterocycles. The van der Waals surface area contributed by atoms with E-state index in [-0.39, 0.29) is 24.4 Å². The zero-order valence-electron chi connectivity index (χ0n) is 10.8. The number of halogens is 1. The number of hydrogen-bond acceptors (Lipinski definition) is 3. The van der Waals surface area contributed by atoms with Crippen molar-refractivity contribution in [1.82, 2.24) is 4.98 Å². The van der Waals surface area contributed by atoms with E-state index in [1.807, 2.05) is 13.8 Å². The summed E-state index contributed by atoms with van der Waals surface area (Å²) in [4.78, 5) is 15.8. The van der Waals surface area contributed by atoms with Gasteiger partial charge in [-0.1, -0.05) is 0 Å². The van der Waals surface area contributed by atoms with Crippen LogP contribution in [0.15, 0.2) is 30.5 Å². The summed E-state index contributed by atoms with van der Waals surface area (Å²) >= 11 is 0. The number of benzene rings is 1. The molecule has 0 radical (unpaired) electrons. The van der Waals surface area contributed by atoms with Crippen LogP contribution in [0.2, 0.25) is 0 Å². The van der Waals surface area contributed by atoms with E-state index in [1.54, 1.807) is 18.3 Å². The zero-order valence-corrected chi connectivity index (χ0v) is 10.8. The predicted molar refractivity (Wildman–Crippen MR) is 71.4 cm³/mol. The average Bonchev–Trinajstić information content (AvgIpc) is 2.37. The van der Waals surface area contributed by atoms with Crippen LogP contribution in [-0.4, -0.2) is 23.6 Å². The van der Waals surface area contributed by atoms with Gasteiger partial charge in [-0.25, -0.2) is 4.39 Å². The maximum atomic E-state index is 13.2. The summed E-state index contributed by atoms with van der Waals surface area (Å²) in [6.45, 7) is 3.67. The molecule has 1 N–H and O–H groups in total. The number of rotatable bonds is 4. The molecule has 2 rings (SSSR count). The summed E-state index contributed by atoms with van der Waals surface area (Å²) in [7, 11) is 0. The third-order valence-corrected chi connectivity index (χ3v) is 2.53. The Hall–Kier alpha value is -2.01. The molecule has 0 spiro atoms. The molecule has 0 saturated heterocycles. The molecule has 0 fully saturated rings. The van der Waals surface area contributed by atoms with Crippen molar-refractivity contribution in [3.8, 4) is 0 Å². The fourth-order valence-corrected chi connectivity index (χ4v) is 1.66. The molecule has 5 heteroatoms. The number of nitrogens with one attached hydrogen (secondary N) is 1. The van der Waals surface area contributed by atoms with E-state index in [1.165, 1.54) is 12.1 Å². The SMILES string of the molecule is CC(C)OCC(=O)Nc1ccnc2ccc(F)cc12. The fourth-order valence-electron chi connectivity index (χ4n) is 1.66. The molecule has 1 aromatic carbocycles. The molecule has 4 nitrogen and oxygen atoms in total. The predicted octanol–water partition coefficient (Wildman–Crippen LogP) is 2.74. The number of fused-ring (bicyclic) bond motifs is 1. The van der Waals surface area contributed by atoms with Gasteiger partial charge < -0.3 is 10.1 Å². The molecular formula is C14H15FN2O2. The topological polar surface area (TPSA) is 51.2 Å². The molecule has 0 bridgehead atoms. The van der Waals surface area contributed by atoms with Crippen LogP contribution in [0.1, 0.15) is 13.8 Å². The van der Waals surface area contributed by atoms with Gasteiger partial charge in [0.05, 0.1) is 17.3 Å². The van der Waals surface area contributed by atoms with Gasteiger partial charge in [-0.05, 0) is 38.1 Å². The molecule has 1 amide bonds. The lowest BCUT2D eigenvalue weighted by molar-refractivity contribution is -0.121. The second-order valence-corrected chi connectivity index (χ2v) is 4.43. The summed E-state index contributed by atoms with van der Waals surface area (Å²) in [6, 6.07) is 5.89. The van der Waals surface area contributed by atoms with Crippen LogP contribution < -0.4 is 5.32 Å². The minimum Gasteiger partial charge on any atom is -0.369 e. The van der Waals surface area contributed by atoms with E-state index in [2.05, 4.69) is 10.3 Å². The van der Waals surface area contributed by atoms with Crippen LogP contribution in [0, 0.1) is 5.82 Å². The van der Waals surface area contributed by atoms with Crippen molar-refractivity contribution in [3.05, 3.63) is 36.3 Å². The van der Waals surface area contributed by atoms with E-state index >= 15 is 0 Å². The van der Waals surface area contributed by atoms with Gasteiger partial charge in [0.2, 0.25) is 5.91 Å². The summed E-state index contributed by atoms with van der Waals surface area (Å²) in [5.41, 5.74) is 1.16. The highest BCUT2D eigenvalue weighted by Gasteiger charge is 2.08. The molecular weight excluding hydrogens is 247 g/mol. The van der Waals surface area contributed by atoms with Crippen molar-refractivity contribution in [2.75, 3.05) is 11.9 Å². The quantitative estimate of drug-likeness (QED) is 0.921. The number of nitrogens with zero attached hydrogens (tertiary/aromatic N) is 1. The fraction of sp³-hybridized carbons (Fsp3) is 0.286. The normalized spacial score (nSPS) is 10.9. The van der Waals surface area contributed by atoms with Gasteiger partial charge in [-0.2, -0.15) is 0 Å². The number of amides is 1. The van der Waals surface area contributed by atoms with Crippen LogP contribution in [0.4, 0.5) is 10.1 Å². The molecule has 19 heavy (non-hydrogen) atoms. The Labute approximate surface area is 110 Å². The Morgan fingerprint density at radius 2 is 2.21 bits per heavy atom. The second kappa shape index (κ2) is 5.75. The van der Waals surface area contributed by atoms with E-state index in [4.69, 9.17) is 4.74 Å². The molecule has 100 valence electrons. The summed E-state index contributed by atoms with van der Waals surface area (Å²) < 4.78 is 18.5. The highest BCUT2D eigenvalue weighted by atomic mass is 19.1. The molecule has 0 aliphatic carbocycles. The Morgan fingerprint density at radius 3 is 2.95 bits per heavy atom. The zero-order chi connectivity index (χ0) is 13.8. The van der Waals surface area contributed by atoms with Crippen LogP contribution >= 0.6 is 0 Å². The molecule has 2 aromatic rings. The summed E-state index contributed by atoms with van der Waals surface area (Å²) in [6.07, 6.45) is 1.55. The molecule has 0 atom stereocenters. The van der Waals surface area contributed by atoms with E-state index in [0.29, 0.717) is 16.6 Å².